The van der Waals surface area contributed by atoms with Crippen molar-refractivity contribution < 1.29 is 33.4 Å². The van der Waals surface area contributed by atoms with E-state index in [1.807, 2.05) is 92.6 Å². The predicted octanol–water partition coefficient (Wildman–Crippen LogP) is 5.02. The van der Waals surface area contributed by atoms with Gasteiger partial charge in [0.15, 0.2) is 5.78 Å². The molecule has 9 atom stereocenters. The number of nitrogens with zero attached hydrogens (tertiary/aromatic N) is 2. The third-order valence-electron chi connectivity index (χ3n) is 12.2. The normalized spacial score (nSPS) is 19.1. The molecule has 1 saturated heterocycles. The van der Waals surface area contributed by atoms with Crippen LogP contribution in [0.25, 0.3) is 0 Å². The average molecular weight is 786 g/mol. The number of ether oxygens (including phenoxy) is 2. The van der Waals surface area contributed by atoms with Gasteiger partial charge in [0.25, 0.3) is 0 Å². The molecule has 12 heteroatoms. The van der Waals surface area contributed by atoms with E-state index in [4.69, 9.17) is 9.47 Å². The Hall–Kier alpha value is -3.35. The highest BCUT2D eigenvalue weighted by Crippen LogP contribution is 2.30. The van der Waals surface area contributed by atoms with Gasteiger partial charge in [0.1, 0.15) is 6.04 Å². The quantitative estimate of drug-likeness (QED) is 0.140. The number of carbonyl (C=O) groups is 5. The molecule has 12 nitrogen and oxygen atoms in total. The summed E-state index contributed by atoms with van der Waals surface area (Å²) in [7, 11) is 6.58. The van der Waals surface area contributed by atoms with Gasteiger partial charge in [-0.25, -0.2) is 0 Å². The van der Waals surface area contributed by atoms with Crippen LogP contribution < -0.4 is 16.0 Å². The monoisotopic (exact) mass is 786 g/mol. The maximum atomic E-state index is 14.3. The molecule has 4 amide bonds. The summed E-state index contributed by atoms with van der Waals surface area (Å²) in [6, 6.07) is 6.90. The summed E-state index contributed by atoms with van der Waals surface area (Å²) in [6.07, 6.45) is 1.91. The first kappa shape index (κ1) is 48.8. The summed E-state index contributed by atoms with van der Waals surface area (Å²) in [4.78, 5) is 72.9. The van der Waals surface area contributed by atoms with E-state index in [1.54, 1.807) is 45.0 Å². The van der Waals surface area contributed by atoms with Crippen molar-refractivity contribution in [1.29, 1.82) is 0 Å². The van der Waals surface area contributed by atoms with Gasteiger partial charge in [-0.15, -0.1) is 0 Å². The van der Waals surface area contributed by atoms with Gasteiger partial charge in [0.05, 0.1) is 48.7 Å². The topological polar surface area (TPSA) is 146 Å². The van der Waals surface area contributed by atoms with E-state index in [1.165, 1.54) is 0 Å². The lowest BCUT2D eigenvalue weighted by molar-refractivity contribution is -0.148. The third-order valence-corrected chi connectivity index (χ3v) is 12.2. The highest BCUT2D eigenvalue weighted by molar-refractivity contribution is 5.93. The van der Waals surface area contributed by atoms with Crippen molar-refractivity contribution in [2.75, 3.05) is 34.9 Å². The number of hydrogen-bond donors (Lipinski definition) is 3. The summed E-state index contributed by atoms with van der Waals surface area (Å²) in [5, 5.41) is 9.12. The van der Waals surface area contributed by atoms with Crippen LogP contribution in [0.3, 0.4) is 0 Å². The minimum atomic E-state index is -0.768. The van der Waals surface area contributed by atoms with E-state index in [2.05, 4.69) is 16.0 Å². The number of likely N-dealkylation sites (N-methyl/N-ethyl adjacent to an activating group) is 2. The van der Waals surface area contributed by atoms with E-state index >= 15 is 0 Å². The fourth-order valence-electron chi connectivity index (χ4n) is 8.06. The van der Waals surface area contributed by atoms with Gasteiger partial charge in [-0.1, -0.05) is 106 Å². The van der Waals surface area contributed by atoms with Crippen molar-refractivity contribution in [1.82, 2.24) is 25.8 Å². The first-order valence-electron chi connectivity index (χ1n) is 20.8. The van der Waals surface area contributed by atoms with Gasteiger partial charge in [0.2, 0.25) is 23.6 Å². The molecule has 56 heavy (non-hydrogen) atoms. The van der Waals surface area contributed by atoms with Crippen molar-refractivity contribution in [3.63, 3.8) is 0 Å². The van der Waals surface area contributed by atoms with E-state index in [-0.39, 0.29) is 59.6 Å². The van der Waals surface area contributed by atoms with Gasteiger partial charge >= 0.3 is 0 Å². The molecule has 0 bridgehead atoms. The number of rotatable bonds is 23. The van der Waals surface area contributed by atoms with Crippen LogP contribution >= 0.6 is 0 Å². The SMILES string of the molecule is CCC(C)C(C(CC(=O)N1CCCC1C(OC)C(C)C(=O)NC(Cc1ccccc1)C(=O)C(C)(C)CC)OC)N(C)C(=O)C(NC(=O)C(NC)C(C)C)C(C)C. The van der Waals surface area contributed by atoms with Crippen molar-refractivity contribution in [3.8, 4) is 0 Å². The molecule has 0 spiro atoms. The van der Waals surface area contributed by atoms with Crippen molar-refractivity contribution >= 4 is 29.4 Å². The Morgan fingerprint density at radius 3 is 2.00 bits per heavy atom. The second kappa shape index (κ2) is 22.6. The van der Waals surface area contributed by atoms with Crippen LogP contribution in [0.2, 0.25) is 0 Å². The Labute approximate surface area is 337 Å². The van der Waals surface area contributed by atoms with Gasteiger partial charge in [-0.3, -0.25) is 24.0 Å². The fourth-order valence-corrected chi connectivity index (χ4v) is 8.06. The lowest BCUT2D eigenvalue weighted by Crippen LogP contribution is -2.59. The average Bonchev–Trinajstić information content (AvgIpc) is 3.65. The second-order valence-corrected chi connectivity index (χ2v) is 17.2. The summed E-state index contributed by atoms with van der Waals surface area (Å²) >= 11 is 0. The number of ketones is 1. The lowest BCUT2D eigenvalue weighted by atomic mass is 9.80. The molecule has 3 N–H and O–H groups in total. The van der Waals surface area contributed by atoms with Crippen LogP contribution in [0.4, 0.5) is 0 Å². The number of amides is 4. The Bertz CT molecular complexity index is 1420. The maximum absolute atomic E-state index is 14.3. The van der Waals surface area contributed by atoms with E-state index in [0.29, 0.717) is 25.8 Å². The number of hydrogen-bond acceptors (Lipinski definition) is 8. The minimum Gasteiger partial charge on any atom is -0.379 e. The Kier molecular flexibility index (Phi) is 19.7. The van der Waals surface area contributed by atoms with E-state index in [9.17, 15) is 24.0 Å². The van der Waals surface area contributed by atoms with Crippen LogP contribution in [0.5, 0.6) is 0 Å². The number of Topliss-reactive ketones (excluding diaryl/α,β-unsaturated/α-hetero) is 1. The number of benzene rings is 1. The van der Waals surface area contributed by atoms with Crippen LogP contribution in [0.1, 0.15) is 107 Å². The van der Waals surface area contributed by atoms with Crippen molar-refractivity contribution in [2.45, 2.75) is 150 Å². The van der Waals surface area contributed by atoms with Crippen LogP contribution in [-0.2, 0) is 39.9 Å². The van der Waals surface area contributed by atoms with Crippen molar-refractivity contribution in [2.24, 2.45) is 29.1 Å². The van der Waals surface area contributed by atoms with E-state index < -0.39 is 47.7 Å². The lowest BCUT2D eigenvalue weighted by Gasteiger charge is -2.41. The zero-order chi connectivity index (χ0) is 42.5. The molecule has 0 radical (unpaired) electrons. The molecule has 318 valence electrons. The number of likely N-dealkylation sites (tertiary alicyclic amines) is 1. The molecule has 9 unspecified atom stereocenters. The molecule has 1 heterocycles. The zero-order valence-corrected chi connectivity index (χ0v) is 36.9. The Morgan fingerprint density at radius 1 is 0.893 bits per heavy atom. The first-order chi connectivity index (χ1) is 26.3. The van der Waals surface area contributed by atoms with Crippen LogP contribution in [0, 0.1) is 29.1 Å². The molecule has 1 aliphatic rings. The summed E-state index contributed by atoms with van der Waals surface area (Å²) in [5.41, 5.74) is 0.331. The number of nitrogens with one attached hydrogen (secondary N) is 3. The molecular weight excluding hydrogens is 711 g/mol. The molecule has 1 fully saturated rings. The summed E-state index contributed by atoms with van der Waals surface area (Å²) in [6.45, 7) is 19.9. The standard InChI is InChI=1S/C44H75N5O7/c1-15-29(7)38(48(12)43(54)37(28(5)6)47-42(53)36(45-11)27(3)4)34(55-13)26-35(50)49-24-20-23-33(49)39(56-14)30(8)41(52)46-32(40(51)44(9,10)16-2)25-31-21-18-17-19-22-31/h17-19,21-22,27-30,32-34,36-39,45H,15-16,20,23-26H2,1-14H3,(H,46,52)(H,47,53). The molecule has 0 aliphatic carbocycles. The molecular formula is C44H75N5O7. The van der Waals surface area contributed by atoms with Crippen LogP contribution in [0.15, 0.2) is 30.3 Å². The second-order valence-electron chi connectivity index (χ2n) is 17.2. The molecule has 0 saturated carbocycles. The fraction of sp³-hybridized carbons (Fsp3) is 0.750. The number of carbonyl (C=O) groups excluding carboxylic acids is 5. The summed E-state index contributed by atoms with van der Waals surface area (Å²) in [5.74, 6) is -1.79. The summed E-state index contributed by atoms with van der Waals surface area (Å²) < 4.78 is 12.0. The number of methoxy groups -OCH3 is 2. The zero-order valence-electron chi connectivity index (χ0n) is 36.9. The molecule has 0 aromatic heterocycles. The highest BCUT2D eigenvalue weighted by atomic mass is 16.5. The molecule has 1 aromatic rings. The minimum absolute atomic E-state index is 0.0181. The van der Waals surface area contributed by atoms with Gasteiger partial charge < -0.3 is 35.2 Å². The maximum Gasteiger partial charge on any atom is 0.245 e. The smallest absolute Gasteiger partial charge is 0.245 e. The van der Waals surface area contributed by atoms with Gasteiger partial charge in [-0.05, 0) is 56.0 Å². The molecule has 2 rings (SSSR count). The van der Waals surface area contributed by atoms with Gasteiger partial charge in [-0.2, -0.15) is 0 Å². The van der Waals surface area contributed by atoms with Crippen LogP contribution in [-0.4, -0.2) is 116 Å². The van der Waals surface area contributed by atoms with Gasteiger partial charge in [0, 0.05) is 33.2 Å². The Morgan fingerprint density at radius 2 is 1.50 bits per heavy atom. The third kappa shape index (κ3) is 12.6. The van der Waals surface area contributed by atoms with Crippen molar-refractivity contribution in [3.05, 3.63) is 35.9 Å². The van der Waals surface area contributed by atoms with E-state index in [0.717, 1.165) is 18.4 Å². The molecule has 1 aliphatic heterocycles. The Balaban J connectivity index is 2.32. The first-order valence-corrected chi connectivity index (χ1v) is 20.8. The predicted molar refractivity (Wildman–Crippen MR) is 222 cm³/mol. The largest absolute Gasteiger partial charge is 0.379 e. The highest BCUT2D eigenvalue weighted by Gasteiger charge is 2.44. The molecule has 1 aromatic carbocycles.